The summed E-state index contributed by atoms with van der Waals surface area (Å²) in [6.07, 6.45) is 2.46. The van der Waals surface area contributed by atoms with Gasteiger partial charge >= 0.3 is 0 Å². The first-order valence-corrected chi connectivity index (χ1v) is 7.71. The van der Waals surface area contributed by atoms with Gasteiger partial charge in [-0.2, -0.15) is 0 Å². The van der Waals surface area contributed by atoms with E-state index < -0.39 is 0 Å². The molecule has 2 aliphatic rings. The van der Waals surface area contributed by atoms with Crippen molar-refractivity contribution in [3.8, 4) is 0 Å². The fraction of sp³-hybridized carbons (Fsp3) is 0.714. The molecule has 1 aromatic rings. The molecule has 3 atom stereocenters. The quantitative estimate of drug-likeness (QED) is 0.891. The Labute approximate surface area is 113 Å². The van der Waals surface area contributed by atoms with Crippen LogP contribution in [0.4, 0.5) is 0 Å². The molecule has 0 aliphatic carbocycles. The first kappa shape index (κ1) is 12.6. The number of nitrogens with zero attached hydrogens (tertiary/aromatic N) is 1. The van der Waals surface area contributed by atoms with E-state index >= 15 is 0 Å². The predicted octanol–water partition coefficient (Wildman–Crippen LogP) is 2.17. The van der Waals surface area contributed by atoms with Crippen LogP contribution in [0.3, 0.4) is 0 Å². The molecule has 3 unspecified atom stereocenters. The van der Waals surface area contributed by atoms with Crippen molar-refractivity contribution in [1.29, 1.82) is 0 Å². The van der Waals surface area contributed by atoms with Gasteiger partial charge in [-0.3, -0.25) is 4.90 Å². The summed E-state index contributed by atoms with van der Waals surface area (Å²) in [5.74, 6) is 0. The van der Waals surface area contributed by atoms with Crippen molar-refractivity contribution in [3.63, 3.8) is 0 Å². The smallest absolute Gasteiger partial charge is 0.0744 e. The Morgan fingerprint density at radius 3 is 3.06 bits per heavy atom. The first-order chi connectivity index (χ1) is 8.69. The van der Waals surface area contributed by atoms with E-state index in [0.717, 1.165) is 26.0 Å². The zero-order chi connectivity index (χ0) is 12.8. The number of thiophene rings is 1. The third-order valence-electron chi connectivity index (χ3n) is 4.86. The molecule has 3 nitrogen and oxygen atoms in total. The van der Waals surface area contributed by atoms with Gasteiger partial charge in [0.1, 0.15) is 0 Å². The minimum atomic E-state index is 0.0407. The van der Waals surface area contributed by atoms with Gasteiger partial charge in [0, 0.05) is 30.6 Å². The summed E-state index contributed by atoms with van der Waals surface area (Å²) in [5.41, 5.74) is 7.67. The fourth-order valence-electron chi connectivity index (χ4n) is 3.65. The summed E-state index contributed by atoms with van der Waals surface area (Å²) in [6, 6.07) is 2.74. The zero-order valence-corrected chi connectivity index (χ0v) is 12.0. The number of nitrogens with two attached hydrogens (primary N) is 1. The molecule has 18 heavy (non-hydrogen) atoms. The minimum absolute atomic E-state index is 0.0407. The number of ether oxygens (including phenoxy) is 1. The van der Waals surface area contributed by atoms with Crippen LogP contribution >= 0.6 is 11.3 Å². The van der Waals surface area contributed by atoms with Gasteiger partial charge in [0.15, 0.2) is 0 Å². The van der Waals surface area contributed by atoms with E-state index in [1.807, 2.05) is 11.3 Å². The third-order valence-corrected chi connectivity index (χ3v) is 5.86. The lowest BCUT2D eigenvalue weighted by Crippen LogP contribution is -2.60. The highest BCUT2D eigenvalue weighted by Crippen LogP contribution is 2.41. The molecule has 1 fully saturated rings. The second-order valence-electron chi connectivity index (χ2n) is 5.49. The summed E-state index contributed by atoms with van der Waals surface area (Å²) < 4.78 is 5.81. The summed E-state index contributed by atoms with van der Waals surface area (Å²) in [7, 11) is 0. The van der Waals surface area contributed by atoms with Crippen LogP contribution in [0.25, 0.3) is 0 Å². The Bertz CT molecular complexity index is 433. The van der Waals surface area contributed by atoms with Crippen molar-refractivity contribution in [2.75, 3.05) is 19.7 Å². The topological polar surface area (TPSA) is 38.5 Å². The number of hydrogen-bond donors (Lipinski definition) is 1. The van der Waals surface area contributed by atoms with Crippen molar-refractivity contribution < 1.29 is 4.74 Å². The van der Waals surface area contributed by atoms with Gasteiger partial charge in [-0.15, -0.1) is 11.3 Å². The Kier molecular flexibility index (Phi) is 3.22. The molecule has 1 saturated heterocycles. The van der Waals surface area contributed by atoms with E-state index in [2.05, 4.69) is 30.2 Å². The van der Waals surface area contributed by atoms with Crippen LogP contribution < -0.4 is 5.73 Å². The molecule has 0 amide bonds. The second-order valence-corrected chi connectivity index (χ2v) is 6.49. The Morgan fingerprint density at radius 1 is 1.56 bits per heavy atom. The maximum absolute atomic E-state index is 6.13. The maximum atomic E-state index is 6.13. The molecular weight excluding hydrogens is 244 g/mol. The average Bonchev–Trinajstić information content (AvgIpc) is 2.97. The van der Waals surface area contributed by atoms with Gasteiger partial charge in [-0.05, 0) is 43.7 Å². The molecule has 3 heterocycles. The van der Waals surface area contributed by atoms with Crippen LogP contribution in [-0.4, -0.2) is 36.2 Å². The third kappa shape index (κ3) is 1.67. The van der Waals surface area contributed by atoms with Gasteiger partial charge in [0.25, 0.3) is 0 Å². The number of fused-ring (bicyclic) bond motifs is 1. The molecule has 0 bridgehead atoms. The van der Waals surface area contributed by atoms with Gasteiger partial charge in [0.2, 0.25) is 0 Å². The molecule has 2 N–H and O–H groups in total. The molecule has 0 spiro atoms. The summed E-state index contributed by atoms with van der Waals surface area (Å²) in [5, 5.41) is 2.22. The van der Waals surface area contributed by atoms with Crippen LogP contribution in [-0.2, 0) is 11.2 Å². The summed E-state index contributed by atoms with van der Waals surface area (Å²) in [4.78, 5) is 4.15. The predicted molar refractivity (Wildman–Crippen MR) is 75.0 cm³/mol. The molecule has 0 saturated carbocycles. The average molecular weight is 266 g/mol. The van der Waals surface area contributed by atoms with Crippen molar-refractivity contribution in [2.45, 2.75) is 44.4 Å². The van der Waals surface area contributed by atoms with E-state index in [0.29, 0.717) is 12.6 Å². The monoisotopic (exact) mass is 266 g/mol. The van der Waals surface area contributed by atoms with E-state index in [4.69, 9.17) is 10.5 Å². The Balaban J connectivity index is 1.93. The van der Waals surface area contributed by atoms with Gasteiger partial charge < -0.3 is 10.5 Å². The first-order valence-electron chi connectivity index (χ1n) is 6.84. The molecule has 2 aliphatic heterocycles. The SMILES string of the molecule is CC1c2ccsc2CCN1C1(CN)CCOC1C. The fourth-order valence-corrected chi connectivity index (χ4v) is 4.61. The maximum Gasteiger partial charge on any atom is 0.0744 e. The number of rotatable bonds is 2. The second kappa shape index (κ2) is 4.60. The number of hydrogen-bond acceptors (Lipinski definition) is 4. The largest absolute Gasteiger partial charge is 0.376 e. The highest BCUT2D eigenvalue weighted by Gasteiger charge is 2.48. The lowest BCUT2D eigenvalue weighted by molar-refractivity contribution is -0.0107. The summed E-state index contributed by atoms with van der Waals surface area (Å²) >= 11 is 1.89. The molecule has 4 heteroatoms. The zero-order valence-electron chi connectivity index (χ0n) is 11.2. The van der Waals surface area contributed by atoms with Gasteiger partial charge in [0.05, 0.1) is 11.6 Å². The van der Waals surface area contributed by atoms with E-state index in [1.165, 1.54) is 5.56 Å². The van der Waals surface area contributed by atoms with Crippen LogP contribution in [0.15, 0.2) is 11.4 Å². The standard InChI is InChI=1S/C14H22N2OS/c1-10-12-4-8-18-13(12)3-6-16(10)14(9-15)5-7-17-11(14)2/h4,8,10-11H,3,5-7,9,15H2,1-2H3. The van der Waals surface area contributed by atoms with Gasteiger partial charge in [-0.1, -0.05) is 0 Å². The molecule has 0 radical (unpaired) electrons. The summed E-state index contributed by atoms with van der Waals surface area (Å²) in [6.45, 7) is 7.14. The molecular formula is C14H22N2OS. The van der Waals surface area contributed by atoms with E-state index in [-0.39, 0.29) is 11.6 Å². The Morgan fingerprint density at radius 2 is 2.39 bits per heavy atom. The van der Waals surface area contributed by atoms with E-state index in [9.17, 15) is 0 Å². The van der Waals surface area contributed by atoms with Crippen molar-refractivity contribution in [2.24, 2.45) is 5.73 Å². The van der Waals surface area contributed by atoms with Crippen molar-refractivity contribution in [3.05, 3.63) is 21.9 Å². The van der Waals surface area contributed by atoms with Crippen LogP contribution in [0, 0.1) is 0 Å². The lowest BCUT2D eigenvalue weighted by Gasteiger charge is -2.48. The van der Waals surface area contributed by atoms with Crippen LogP contribution in [0.5, 0.6) is 0 Å². The molecule has 3 rings (SSSR count). The Hall–Kier alpha value is -0.420. The van der Waals surface area contributed by atoms with Gasteiger partial charge in [-0.25, -0.2) is 0 Å². The lowest BCUT2D eigenvalue weighted by atomic mass is 9.85. The van der Waals surface area contributed by atoms with Crippen molar-refractivity contribution in [1.82, 2.24) is 4.90 Å². The molecule has 0 aromatic carbocycles. The highest BCUT2D eigenvalue weighted by atomic mass is 32.1. The highest BCUT2D eigenvalue weighted by molar-refractivity contribution is 7.10. The van der Waals surface area contributed by atoms with Crippen molar-refractivity contribution >= 4 is 11.3 Å². The molecule has 1 aromatic heterocycles. The normalized spacial score (nSPS) is 36.8. The van der Waals surface area contributed by atoms with E-state index in [1.54, 1.807) is 4.88 Å². The van der Waals surface area contributed by atoms with Crippen LogP contribution in [0.2, 0.25) is 0 Å². The minimum Gasteiger partial charge on any atom is -0.376 e. The molecule has 100 valence electrons. The van der Waals surface area contributed by atoms with Crippen LogP contribution in [0.1, 0.15) is 36.8 Å².